The molecule has 0 unspecified atom stereocenters. The zero-order valence-electron chi connectivity index (χ0n) is 15.7. The molecule has 0 spiro atoms. The van der Waals surface area contributed by atoms with Crippen molar-refractivity contribution in [2.45, 2.75) is 32.1 Å². The number of hydrogen-bond donors (Lipinski definition) is 1. The molecule has 2 saturated heterocycles. The average Bonchev–Trinajstić information content (AvgIpc) is 2.70. The third kappa shape index (κ3) is 4.26. The highest BCUT2D eigenvalue weighted by Crippen LogP contribution is 2.33. The van der Waals surface area contributed by atoms with Gasteiger partial charge in [-0.05, 0) is 49.7 Å². The van der Waals surface area contributed by atoms with E-state index in [4.69, 9.17) is 9.47 Å². The van der Waals surface area contributed by atoms with Crippen molar-refractivity contribution in [2.75, 3.05) is 38.2 Å². The number of piperidine rings is 1. The fraction of sp³-hybridized carbons (Fsp3) is 0.619. The van der Waals surface area contributed by atoms with Gasteiger partial charge in [-0.3, -0.25) is 9.59 Å². The largest absolute Gasteiger partial charge is 0.491 e. The quantitative estimate of drug-likeness (QED) is 0.823. The summed E-state index contributed by atoms with van der Waals surface area (Å²) in [5.74, 6) is 1.73. The molecule has 2 fully saturated rings. The van der Waals surface area contributed by atoms with Crippen molar-refractivity contribution in [1.82, 2.24) is 4.90 Å². The molecule has 6 heteroatoms. The van der Waals surface area contributed by atoms with E-state index in [0.717, 1.165) is 50.2 Å². The fourth-order valence-corrected chi connectivity index (χ4v) is 4.53. The Morgan fingerprint density at radius 2 is 1.85 bits per heavy atom. The van der Waals surface area contributed by atoms with Crippen LogP contribution in [-0.4, -0.2) is 49.6 Å². The molecule has 0 radical (unpaired) electrons. The molecule has 1 aromatic carbocycles. The third-order valence-corrected chi connectivity index (χ3v) is 6.13. The second-order valence-corrected chi connectivity index (χ2v) is 7.87. The van der Waals surface area contributed by atoms with Gasteiger partial charge < -0.3 is 19.7 Å². The molecule has 1 N–H and O–H groups in total. The molecule has 6 nitrogen and oxygen atoms in total. The van der Waals surface area contributed by atoms with Crippen LogP contribution in [0.25, 0.3) is 0 Å². The molecule has 146 valence electrons. The first kappa shape index (κ1) is 18.3. The minimum Gasteiger partial charge on any atom is -0.491 e. The Balaban J connectivity index is 1.43. The Labute approximate surface area is 160 Å². The number of benzene rings is 1. The van der Waals surface area contributed by atoms with Crippen LogP contribution in [0.3, 0.4) is 0 Å². The maximum atomic E-state index is 12.9. The number of hydrogen-bond acceptors (Lipinski definition) is 4. The molecule has 2 atom stereocenters. The zero-order chi connectivity index (χ0) is 18.6. The molecular formula is C21H28N2O4. The highest BCUT2D eigenvalue weighted by atomic mass is 16.5. The second-order valence-electron chi connectivity index (χ2n) is 7.87. The number of amides is 2. The van der Waals surface area contributed by atoms with Crippen LogP contribution in [0.5, 0.6) is 5.75 Å². The average molecular weight is 372 g/mol. The normalized spacial score (nSPS) is 27.0. The lowest BCUT2D eigenvalue weighted by Gasteiger charge is -2.40. The van der Waals surface area contributed by atoms with Crippen molar-refractivity contribution < 1.29 is 19.1 Å². The number of ether oxygens (including phenoxy) is 2. The predicted molar refractivity (Wildman–Crippen MR) is 102 cm³/mol. The van der Waals surface area contributed by atoms with E-state index >= 15 is 0 Å². The van der Waals surface area contributed by atoms with E-state index in [2.05, 4.69) is 5.32 Å². The maximum Gasteiger partial charge on any atom is 0.225 e. The van der Waals surface area contributed by atoms with Crippen LogP contribution < -0.4 is 10.1 Å². The lowest BCUT2D eigenvalue weighted by atomic mass is 9.80. The Morgan fingerprint density at radius 3 is 2.70 bits per heavy atom. The molecule has 27 heavy (non-hydrogen) atoms. The fourth-order valence-electron chi connectivity index (χ4n) is 4.53. The highest BCUT2D eigenvalue weighted by Gasteiger charge is 2.35. The summed E-state index contributed by atoms with van der Waals surface area (Å²) in [5, 5.41) is 2.99. The molecule has 2 amide bonds. The number of para-hydroxylation sites is 2. The van der Waals surface area contributed by atoms with Crippen molar-refractivity contribution in [1.29, 1.82) is 0 Å². The highest BCUT2D eigenvalue weighted by molar-refractivity contribution is 5.92. The first-order chi connectivity index (χ1) is 13.2. The molecule has 0 saturated carbocycles. The Bertz CT molecular complexity index is 687. The summed E-state index contributed by atoms with van der Waals surface area (Å²) >= 11 is 0. The number of carbonyl (C=O) groups is 2. The van der Waals surface area contributed by atoms with Gasteiger partial charge in [0.15, 0.2) is 0 Å². The monoisotopic (exact) mass is 372 g/mol. The zero-order valence-corrected chi connectivity index (χ0v) is 15.7. The summed E-state index contributed by atoms with van der Waals surface area (Å²) in [6.45, 7) is 3.46. The van der Waals surface area contributed by atoms with Gasteiger partial charge in [0, 0.05) is 38.6 Å². The van der Waals surface area contributed by atoms with Crippen molar-refractivity contribution >= 4 is 17.5 Å². The summed E-state index contributed by atoms with van der Waals surface area (Å²) in [7, 11) is 0. The molecule has 3 aliphatic heterocycles. The molecular weight excluding hydrogens is 344 g/mol. The van der Waals surface area contributed by atoms with Crippen LogP contribution in [0.1, 0.15) is 32.1 Å². The number of fused-ring (bicyclic) bond motifs is 2. The summed E-state index contributed by atoms with van der Waals surface area (Å²) < 4.78 is 11.3. The number of nitrogens with one attached hydrogen (secondary N) is 1. The molecule has 0 aromatic heterocycles. The smallest absolute Gasteiger partial charge is 0.225 e. The van der Waals surface area contributed by atoms with Crippen LogP contribution in [0.15, 0.2) is 24.3 Å². The van der Waals surface area contributed by atoms with Crippen molar-refractivity contribution in [3.05, 3.63) is 24.3 Å². The van der Waals surface area contributed by atoms with Gasteiger partial charge in [-0.15, -0.1) is 0 Å². The van der Waals surface area contributed by atoms with Crippen molar-refractivity contribution in [3.8, 4) is 5.75 Å². The van der Waals surface area contributed by atoms with E-state index in [0.29, 0.717) is 38.1 Å². The first-order valence-electron chi connectivity index (χ1n) is 10.1. The van der Waals surface area contributed by atoms with E-state index in [1.54, 1.807) is 0 Å². The minimum absolute atomic E-state index is 0.0344. The van der Waals surface area contributed by atoms with Gasteiger partial charge in [0.2, 0.25) is 11.8 Å². The molecule has 0 bridgehead atoms. The second kappa shape index (κ2) is 8.30. The SMILES string of the molecule is O=C1C[C@@H]2CCN(C(=O)C3CCOCC3)C[C@@H]2CCOc2ccccc2N1. The van der Waals surface area contributed by atoms with Crippen LogP contribution in [-0.2, 0) is 14.3 Å². The predicted octanol–water partition coefficient (Wildman–Crippen LogP) is 2.69. The van der Waals surface area contributed by atoms with Gasteiger partial charge >= 0.3 is 0 Å². The molecule has 1 aromatic rings. The number of rotatable bonds is 1. The van der Waals surface area contributed by atoms with Crippen molar-refractivity contribution in [2.24, 2.45) is 17.8 Å². The maximum absolute atomic E-state index is 12.9. The van der Waals surface area contributed by atoms with Gasteiger partial charge in [0.25, 0.3) is 0 Å². The number of likely N-dealkylation sites (tertiary alicyclic amines) is 1. The standard InChI is InChI=1S/C21H28N2O4/c24-20-13-16-5-9-23(21(25)15-6-10-26-11-7-15)14-17(16)8-12-27-19-4-2-1-3-18(19)22-20/h1-4,15-17H,5-14H2,(H,22,24)/t16-,17-/m0/s1. The number of anilines is 1. The minimum atomic E-state index is 0.0344. The summed E-state index contributed by atoms with van der Waals surface area (Å²) in [6.07, 6.45) is 3.91. The summed E-state index contributed by atoms with van der Waals surface area (Å²) in [5.41, 5.74) is 0.744. The summed E-state index contributed by atoms with van der Waals surface area (Å²) in [4.78, 5) is 27.4. The number of carbonyl (C=O) groups excluding carboxylic acids is 2. The lowest BCUT2D eigenvalue weighted by molar-refractivity contribution is -0.141. The Hall–Kier alpha value is -2.08. The van der Waals surface area contributed by atoms with Gasteiger partial charge in [0.1, 0.15) is 5.75 Å². The van der Waals surface area contributed by atoms with E-state index in [1.165, 1.54) is 0 Å². The third-order valence-electron chi connectivity index (χ3n) is 6.13. The van der Waals surface area contributed by atoms with Gasteiger partial charge in [0.05, 0.1) is 12.3 Å². The first-order valence-corrected chi connectivity index (χ1v) is 10.1. The van der Waals surface area contributed by atoms with Crippen molar-refractivity contribution in [3.63, 3.8) is 0 Å². The molecule has 0 aliphatic carbocycles. The van der Waals surface area contributed by atoms with E-state index < -0.39 is 0 Å². The molecule has 3 heterocycles. The molecule has 3 aliphatic rings. The number of nitrogens with zero attached hydrogens (tertiary/aromatic N) is 1. The van der Waals surface area contributed by atoms with Gasteiger partial charge in [-0.25, -0.2) is 0 Å². The van der Waals surface area contributed by atoms with Crippen LogP contribution in [0.4, 0.5) is 5.69 Å². The van der Waals surface area contributed by atoms with E-state index in [9.17, 15) is 9.59 Å². The topological polar surface area (TPSA) is 67.9 Å². The van der Waals surface area contributed by atoms with Crippen LogP contribution in [0, 0.1) is 17.8 Å². The van der Waals surface area contributed by atoms with Crippen LogP contribution in [0.2, 0.25) is 0 Å². The molecule has 4 rings (SSSR count). The summed E-state index contributed by atoms with van der Waals surface area (Å²) in [6, 6.07) is 7.57. The van der Waals surface area contributed by atoms with E-state index in [1.807, 2.05) is 29.2 Å². The van der Waals surface area contributed by atoms with Gasteiger partial charge in [-0.2, -0.15) is 0 Å². The Kier molecular flexibility index (Phi) is 5.62. The van der Waals surface area contributed by atoms with E-state index in [-0.39, 0.29) is 17.7 Å². The Morgan fingerprint density at radius 1 is 1.04 bits per heavy atom. The lowest BCUT2D eigenvalue weighted by Crippen LogP contribution is -2.48. The van der Waals surface area contributed by atoms with Gasteiger partial charge in [-0.1, -0.05) is 12.1 Å². The van der Waals surface area contributed by atoms with Crippen LogP contribution >= 0.6 is 0 Å².